The summed E-state index contributed by atoms with van der Waals surface area (Å²) < 4.78 is 21.7. The third-order valence-electron chi connectivity index (χ3n) is 3.29. The van der Waals surface area contributed by atoms with Crippen LogP contribution in [0, 0.1) is 0 Å². The Morgan fingerprint density at radius 2 is 1.55 bits per heavy atom. The number of rotatable bonds is 5. The van der Waals surface area contributed by atoms with Gasteiger partial charge in [-0.15, -0.1) is 0 Å². The van der Waals surface area contributed by atoms with E-state index in [9.17, 15) is 13.2 Å². The van der Waals surface area contributed by atoms with E-state index in [1.54, 1.807) is 24.3 Å². The summed E-state index contributed by atoms with van der Waals surface area (Å²) in [5.41, 5.74) is 2.19. The first kappa shape index (κ1) is 17.2. The van der Waals surface area contributed by atoms with Gasteiger partial charge in [-0.2, -0.15) is 0 Å². The van der Waals surface area contributed by atoms with Crippen molar-refractivity contribution in [1.29, 1.82) is 0 Å². The van der Waals surface area contributed by atoms with Gasteiger partial charge < -0.3 is 0 Å². The zero-order valence-electron chi connectivity index (χ0n) is 11.8. The molecule has 0 amide bonds. The zero-order chi connectivity index (χ0) is 16.4. The summed E-state index contributed by atoms with van der Waals surface area (Å²) in [5.74, 6) is -0.911. The Morgan fingerprint density at radius 3 is 2.05 bits per heavy atom. The van der Waals surface area contributed by atoms with Crippen LogP contribution in [0.2, 0.25) is 0 Å². The Labute approximate surface area is 143 Å². The third-order valence-corrected chi connectivity index (χ3v) is 7.73. The average molecular weight is 402 g/mol. The maximum absolute atomic E-state index is 12.4. The van der Waals surface area contributed by atoms with E-state index in [2.05, 4.69) is 15.9 Å². The van der Waals surface area contributed by atoms with Crippen molar-refractivity contribution < 1.29 is 13.2 Å². The van der Waals surface area contributed by atoms with Gasteiger partial charge in [0, 0.05) is 5.56 Å². The molecule has 0 radical (unpaired) electrons. The molecule has 6 heteroatoms. The molecular formula is C16H14BrClO3S. The summed E-state index contributed by atoms with van der Waals surface area (Å²) >= 11 is 8.81. The van der Waals surface area contributed by atoms with Gasteiger partial charge in [0.1, 0.15) is 0 Å². The summed E-state index contributed by atoms with van der Waals surface area (Å²) in [7, 11) is -3.77. The number of benzene rings is 2. The van der Waals surface area contributed by atoms with Crippen LogP contribution >= 0.6 is 27.5 Å². The quantitative estimate of drug-likeness (QED) is 0.555. The van der Waals surface area contributed by atoms with E-state index < -0.39 is 18.7 Å². The van der Waals surface area contributed by atoms with Crippen LogP contribution in [0.15, 0.2) is 54.6 Å². The fourth-order valence-electron chi connectivity index (χ4n) is 1.94. The van der Waals surface area contributed by atoms with Gasteiger partial charge in [0.2, 0.25) is 5.78 Å². The Bertz CT molecular complexity index is 769. The molecule has 0 heterocycles. The van der Waals surface area contributed by atoms with E-state index in [4.69, 9.17) is 11.6 Å². The summed E-state index contributed by atoms with van der Waals surface area (Å²) in [6.45, 7) is 1.44. The second kappa shape index (κ2) is 6.52. The van der Waals surface area contributed by atoms with Crippen LogP contribution in [-0.2, 0) is 9.84 Å². The van der Waals surface area contributed by atoms with Crippen molar-refractivity contribution >= 4 is 43.2 Å². The molecule has 2 aromatic rings. The Morgan fingerprint density at radius 1 is 1.05 bits per heavy atom. The molecule has 2 aromatic carbocycles. The van der Waals surface area contributed by atoms with Gasteiger partial charge in [-0.05, 0) is 27.1 Å². The van der Waals surface area contributed by atoms with Crippen LogP contribution in [0.25, 0.3) is 11.1 Å². The number of Topliss-reactive ketones (excluding diaryl/α,β-unsaturated/α-hetero) is 1. The second-order valence-electron chi connectivity index (χ2n) is 4.69. The number of carbonyl (C=O) groups is 1. The Balaban J connectivity index is 2.33. The van der Waals surface area contributed by atoms with Gasteiger partial charge >= 0.3 is 0 Å². The Hall–Kier alpha value is -1.17. The number of hydrogen-bond acceptors (Lipinski definition) is 3. The molecule has 0 unspecified atom stereocenters. The van der Waals surface area contributed by atoms with Crippen molar-refractivity contribution in [2.45, 2.75) is 10.0 Å². The molecule has 0 aliphatic heterocycles. The standard InChI is InChI=1S/C16H14BrClO3S/c1-2-22(20,21)16(17,18)15(19)14-10-8-13(9-11-14)12-6-4-3-5-7-12/h3-11H,2H2,1H3/t16-/m0/s1. The van der Waals surface area contributed by atoms with E-state index in [1.807, 2.05) is 30.3 Å². The van der Waals surface area contributed by atoms with Crippen LogP contribution in [0.1, 0.15) is 17.3 Å². The highest BCUT2D eigenvalue weighted by Crippen LogP contribution is 2.35. The molecule has 0 aromatic heterocycles. The number of halogens is 2. The lowest BCUT2D eigenvalue weighted by atomic mass is 10.0. The fourth-order valence-corrected chi connectivity index (χ4v) is 4.05. The van der Waals surface area contributed by atoms with E-state index in [0.717, 1.165) is 11.1 Å². The third kappa shape index (κ3) is 3.26. The van der Waals surface area contributed by atoms with E-state index in [-0.39, 0.29) is 11.3 Å². The van der Waals surface area contributed by atoms with Gasteiger partial charge in [0.25, 0.3) is 3.12 Å². The van der Waals surface area contributed by atoms with E-state index >= 15 is 0 Å². The molecule has 116 valence electrons. The Kier molecular flexibility index (Phi) is 5.10. The smallest absolute Gasteiger partial charge is 0.261 e. The lowest BCUT2D eigenvalue weighted by molar-refractivity contribution is 0.1000. The zero-order valence-corrected chi connectivity index (χ0v) is 15.0. The van der Waals surface area contributed by atoms with E-state index in [1.165, 1.54) is 6.92 Å². The molecule has 22 heavy (non-hydrogen) atoms. The number of carbonyl (C=O) groups excluding carboxylic acids is 1. The van der Waals surface area contributed by atoms with E-state index in [0.29, 0.717) is 0 Å². The monoisotopic (exact) mass is 400 g/mol. The van der Waals surface area contributed by atoms with Crippen LogP contribution in [0.4, 0.5) is 0 Å². The maximum atomic E-state index is 12.4. The molecule has 0 N–H and O–H groups in total. The van der Waals surface area contributed by atoms with Crippen LogP contribution in [-0.4, -0.2) is 23.1 Å². The summed E-state index contributed by atoms with van der Waals surface area (Å²) in [6, 6.07) is 16.4. The summed E-state index contributed by atoms with van der Waals surface area (Å²) in [4.78, 5) is 12.4. The molecule has 0 saturated heterocycles. The molecule has 1 atom stereocenters. The van der Waals surface area contributed by atoms with Gasteiger partial charge in [-0.1, -0.05) is 73.1 Å². The normalized spacial score (nSPS) is 14.3. The molecule has 2 rings (SSSR count). The van der Waals surface area contributed by atoms with Crippen molar-refractivity contribution in [3.05, 3.63) is 60.2 Å². The summed E-state index contributed by atoms with van der Waals surface area (Å²) in [5, 5.41) is 0. The minimum Gasteiger partial charge on any atom is -0.290 e. The lowest BCUT2D eigenvalue weighted by Crippen LogP contribution is -2.36. The minimum absolute atomic E-state index is 0.227. The van der Waals surface area contributed by atoms with Gasteiger partial charge in [-0.3, -0.25) is 4.79 Å². The number of alkyl halides is 2. The molecule has 0 aliphatic rings. The molecule has 0 aliphatic carbocycles. The van der Waals surface area contributed by atoms with Gasteiger partial charge in [-0.25, -0.2) is 8.42 Å². The molecule has 0 spiro atoms. The average Bonchev–Trinajstić information content (AvgIpc) is 2.55. The van der Waals surface area contributed by atoms with Crippen LogP contribution in [0.3, 0.4) is 0 Å². The molecule has 3 nitrogen and oxygen atoms in total. The van der Waals surface area contributed by atoms with Crippen LogP contribution < -0.4 is 0 Å². The first-order valence-electron chi connectivity index (χ1n) is 6.60. The maximum Gasteiger partial charge on any atom is 0.261 e. The molecule has 0 saturated carbocycles. The minimum atomic E-state index is -3.77. The number of ketones is 1. The first-order valence-corrected chi connectivity index (χ1v) is 9.42. The topological polar surface area (TPSA) is 51.2 Å². The van der Waals surface area contributed by atoms with Gasteiger partial charge in [0.15, 0.2) is 9.84 Å². The predicted octanol–water partition coefficient (Wildman–Crippen LogP) is 4.26. The van der Waals surface area contributed by atoms with Crippen molar-refractivity contribution in [3.63, 3.8) is 0 Å². The largest absolute Gasteiger partial charge is 0.290 e. The van der Waals surface area contributed by atoms with Crippen molar-refractivity contribution in [3.8, 4) is 11.1 Å². The van der Waals surface area contributed by atoms with Crippen molar-refractivity contribution in [1.82, 2.24) is 0 Å². The van der Waals surface area contributed by atoms with Crippen molar-refractivity contribution in [2.75, 3.05) is 5.75 Å². The predicted molar refractivity (Wildman–Crippen MR) is 93.2 cm³/mol. The molecule has 0 bridgehead atoms. The second-order valence-corrected chi connectivity index (χ2v) is 10.1. The van der Waals surface area contributed by atoms with Crippen LogP contribution in [0.5, 0.6) is 0 Å². The lowest BCUT2D eigenvalue weighted by Gasteiger charge is -2.18. The first-order chi connectivity index (χ1) is 10.3. The number of hydrogen-bond donors (Lipinski definition) is 0. The number of sulfone groups is 1. The molecule has 0 fully saturated rings. The van der Waals surface area contributed by atoms with Crippen molar-refractivity contribution in [2.24, 2.45) is 0 Å². The molecular weight excluding hydrogens is 388 g/mol. The SMILES string of the molecule is CCS(=O)(=O)[C@](Cl)(Br)C(=O)c1ccc(-c2ccccc2)cc1. The van der Waals surface area contributed by atoms with Gasteiger partial charge in [0.05, 0.1) is 5.75 Å². The summed E-state index contributed by atoms with van der Waals surface area (Å²) in [6.07, 6.45) is 0. The highest BCUT2D eigenvalue weighted by atomic mass is 79.9. The fraction of sp³-hybridized carbons (Fsp3) is 0.188. The highest BCUT2D eigenvalue weighted by molar-refractivity contribution is 9.12. The highest BCUT2D eigenvalue weighted by Gasteiger charge is 2.45.